The Kier molecular flexibility index (Phi) is 23.0. The number of ether oxygens (including phenoxy) is 9. The molecule has 0 heterocycles. The Morgan fingerprint density at radius 1 is 0.453 bits per heavy atom. The van der Waals surface area contributed by atoms with Gasteiger partial charge in [0.2, 0.25) is 0 Å². The number of carbonyl (C=O) groups excluding carboxylic acids is 3. The first-order valence-corrected chi connectivity index (χ1v) is 39.8. The molecule has 95 heavy (non-hydrogen) atoms. The van der Waals surface area contributed by atoms with Gasteiger partial charge in [-0.25, -0.2) is 14.4 Å². The molecule has 0 spiro atoms. The summed E-state index contributed by atoms with van der Waals surface area (Å²) in [5.74, 6) is 11.1. The van der Waals surface area contributed by atoms with Crippen molar-refractivity contribution in [3.8, 4) is 51.7 Å². The number of hydrogen-bond donors (Lipinski definition) is 0. The van der Waals surface area contributed by atoms with Crippen LogP contribution in [0, 0.1) is 81.4 Å². The maximum Gasteiger partial charge on any atom is 0.349 e. The van der Waals surface area contributed by atoms with Crippen LogP contribution in [-0.2, 0) is 39.5 Å². The van der Waals surface area contributed by atoms with Crippen LogP contribution in [0.25, 0.3) is 0 Å². The molecular formula is C78H87I4O12S+. The average molecular weight is 1760 g/mol. The van der Waals surface area contributed by atoms with Crippen LogP contribution in [0.4, 0.5) is 0 Å². The summed E-state index contributed by atoms with van der Waals surface area (Å²) in [6.45, 7) is 14.2. The fraction of sp³-hybridized carbons (Fsp3) is 0.474. The van der Waals surface area contributed by atoms with Gasteiger partial charge in [-0.2, -0.15) is 0 Å². The van der Waals surface area contributed by atoms with Gasteiger partial charge in [-0.1, -0.05) is 47.5 Å². The molecular weight excluding hydrogens is 1670 g/mol. The van der Waals surface area contributed by atoms with Crippen LogP contribution < -0.4 is 28.4 Å². The SMILES string of the molecule is CC/C(=C/CC(CC)CC)OC(=O)COc1cc(C)c(Oc2ccc([S+](c3ccc(Oc4cc(C)c(OCC(=O)OC5(CC)C6CC7CC(C6)CC5C7)cc4I)cc3)c3ccc(Oc4cc(I)c(OCC(=O)OC5(CC)C6CC7CC(C6)CC5C7)cc4I)cc3)cc2)cc1I. The highest BCUT2D eigenvalue weighted by molar-refractivity contribution is 14.1. The predicted octanol–water partition coefficient (Wildman–Crippen LogP) is 21.3. The lowest BCUT2D eigenvalue weighted by Crippen LogP contribution is -2.59. The van der Waals surface area contributed by atoms with Gasteiger partial charge in [0.05, 0.1) is 25.2 Å². The van der Waals surface area contributed by atoms with E-state index in [0.29, 0.717) is 93.5 Å². The highest BCUT2D eigenvalue weighted by Gasteiger charge is 2.60. The summed E-state index contributed by atoms with van der Waals surface area (Å²) in [4.78, 5) is 43.2. The van der Waals surface area contributed by atoms with Gasteiger partial charge >= 0.3 is 17.9 Å². The normalized spacial score (nSPS) is 24.9. The molecule has 8 saturated carbocycles. The molecule has 6 aromatic rings. The summed E-state index contributed by atoms with van der Waals surface area (Å²) in [5, 5.41) is 0. The molecule has 6 aromatic carbocycles. The Hall–Kier alpha value is -4.46. The number of benzene rings is 6. The highest BCUT2D eigenvalue weighted by atomic mass is 127. The van der Waals surface area contributed by atoms with Gasteiger partial charge in [0.15, 0.2) is 34.5 Å². The van der Waals surface area contributed by atoms with E-state index >= 15 is 0 Å². The van der Waals surface area contributed by atoms with Gasteiger partial charge in [0.25, 0.3) is 0 Å². The minimum Gasteiger partial charge on any atom is -0.482 e. The number of hydrogen-bond acceptors (Lipinski definition) is 12. The van der Waals surface area contributed by atoms with Gasteiger partial charge in [-0.05, 0) is 367 Å². The molecule has 0 N–H and O–H groups in total. The second-order valence-corrected chi connectivity index (χ2v) is 34.0. The van der Waals surface area contributed by atoms with Crippen LogP contribution in [0.5, 0.6) is 51.7 Å². The zero-order valence-electron chi connectivity index (χ0n) is 55.4. The fourth-order valence-corrected chi connectivity index (χ4v) is 21.3. The molecule has 0 saturated heterocycles. The zero-order chi connectivity index (χ0) is 66.7. The van der Waals surface area contributed by atoms with Crippen molar-refractivity contribution in [1.82, 2.24) is 0 Å². The summed E-state index contributed by atoms with van der Waals surface area (Å²) in [6.07, 6.45) is 19.6. The molecule has 0 aromatic heterocycles. The molecule has 1 unspecified atom stereocenters. The molecule has 8 aliphatic carbocycles. The number of halogens is 4. The van der Waals surface area contributed by atoms with Gasteiger partial charge in [-0.3, -0.25) is 0 Å². The third-order valence-corrected chi connectivity index (χ3v) is 27.1. The molecule has 8 fully saturated rings. The Morgan fingerprint density at radius 3 is 1.21 bits per heavy atom. The summed E-state index contributed by atoms with van der Waals surface area (Å²) in [7, 11) is -0.594. The van der Waals surface area contributed by atoms with Crippen LogP contribution in [0.3, 0.4) is 0 Å². The maximum atomic E-state index is 13.5. The highest BCUT2D eigenvalue weighted by Crippen LogP contribution is 2.62. The van der Waals surface area contributed by atoms with Crippen molar-refractivity contribution in [2.75, 3.05) is 19.8 Å². The lowest BCUT2D eigenvalue weighted by atomic mass is 9.49. The molecule has 8 bridgehead atoms. The first kappa shape index (κ1) is 70.4. The Balaban J connectivity index is 0.724. The van der Waals surface area contributed by atoms with Crippen molar-refractivity contribution < 1.29 is 57.0 Å². The van der Waals surface area contributed by atoms with E-state index in [1.807, 2.05) is 99.6 Å². The van der Waals surface area contributed by atoms with Crippen molar-refractivity contribution in [3.63, 3.8) is 0 Å². The van der Waals surface area contributed by atoms with Gasteiger partial charge in [-0.15, -0.1) is 0 Å². The molecule has 17 heteroatoms. The standard InChI is InChI=1S/C78H87I4O12S/c1-8-48(9-2)13-14-57(10-3)92-74(83)43-87-70-27-47(7)69(40-64(70)79)89-58-15-21-61(22-16-58)95(62-23-17-59(18-24-62)90-72-28-46(6)68(39-66(72)81)86-44-75(84)93-77(11-4)53-31-49-29-50(33-53)34-54(77)32-49)63-25-19-60(20-26-63)91-73-42-65(80)71(41-67(73)82)88-45-76(85)94-78(12-5)55-35-51-30-52(37-55)38-56(78)36-51/h14-28,39-42,48-56H,8-13,29-38,43-45H2,1-7H3/q+1/b57-14-. The molecule has 0 amide bonds. The monoisotopic (exact) mass is 1760 g/mol. The Bertz CT molecular complexity index is 3550. The van der Waals surface area contributed by atoms with Crippen molar-refractivity contribution in [3.05, 3.63) is 146 Å². The molecule has 504 valence electrons. The lowest BCUT2D eigenvalue weighted by molar-refractivity contribution is -0.212. The molecule has 8 aliphatic rings. The van der Waals surface area contributed by atoms with Crippen LogP contribution in [0.2, 0.25) is 0 Å². The van der Waals surface area contributed by atoms with E-state index in [-0.39, 0.29) is 43.0 Å². The summed E-state index contributed by atoms with van der Waals surface area (Å²) < 4.78 is 60.1. The minimum absolute atomic E-state index is 0.132. The fourth-order valence-electron chi connectivity index (χ4n) is 17.0. The van der Waals surface area contributed by atoms with E-state index in [0.717, 1.165) is 95.9 Å². The first-order chi connectivity index (χ1) is 45.8. The maximum absolute atomic E-state index is 13.5. The van der Waals surface area contributed by atoms with Gasteiger partial charge in [0.1, 0.15) is 68.7 Å². The van der Waals surface area contributed by atoms with Crippen LogP contribution >= 0.6 is 90.4 Å². The molecule has 14 rings (SSSR count). The Morgan fingerprint density at radius 2 is 0.789 bits per heavy atom. The van der Waals surface area contributed by atoms with Crippen molar-refractivity contribution >= 4 is 119 Å². The van der Waals surface area contributed by atoms with Crippen molar-refractivity contribution in [2.45, 2.75) is 177 Å². The third kappa shape index (κ3) is 15.9. The van der Waals surface area contributed by atoms with Crippen molar-refractivity contribution in [1.29, 1.82) is 0 Å². The number of aryl methyl sites for hydroxylation is 2. The summed E-state index contributed by atoms with van der Waals surface area (Å²) in [5.41, 5.74) is 0.986. The Labute approximate surface area is 618 Å². The van der Waals surface area contributed by atoms with Gasteiger partial charge in [0, 0.05) is 6.42 Å². The molecule has 1 atom stereocenters. The first-order valence-electron chi connectivity index (χ1n) is 34.2. The van der Waals surface area contributed by atoms with E-state index in [1.165, 1.54) is 64.2 Å². The number of esters is 3. The number of rotatable bonds is 28. The second kappa shape index (κ2) is 31.0. The van der Waals surface area contributed by atoms with Crippen LogP contribution in [0.15, 0.2) is 136 Å². The van der Waals surface area contributed by atoms with E-state index in [2.05, 4.69) is 154 Å². The smallest absolute Gasteiger partial charge is 0.349 e. The quantitative estimate of drug-likeness (QED) is 0.0152. The summed E-state index contributed by atoms with van der Waals surface area (Å²) in [6, 6.07) is 36.3. The summed E-state index contributed by atoms with van der Waals surface area (Å²) >= 11 is 9.01. The average Bonchev–Trinajstić information content (AvgIpc) is 0.739. The zero-order valence-corrected chi connectivity index (χ0v) is 64.9. The number of carbonyl (C=O) groups is 3. The van der Waals surface area contributed by atoms with Crippen LogP contribution in [-0.4, -0.2) is 48.9 Å². The molecule has 0 aliphatic heterocycles. The lowest BCUT2D eigenvalue weighted by Gasteiger charge is -2.60. The number of allylic oxidation sites excluding steroid dienone is 2. The third-order valence-electron chi connectivity index (χ3n) is 21.5. The van der Waals surface area contributed by atoms with Crippen molar-refractivity contribution in [2.24, 2.45) is 53.3 Å². The molecule has 12 nitrogen and oxygen atoms in total. The topological polar surface area (TPSA) is 134 Å². The van der Waals surface area contributed by atoms with E-state index in [1.54, 1.807) is 0 Å². The largest absolute Gasteiger partial charge is 0.482 e. The minimum atomic E-state index is -0.594. The van der Waals surface area contributed by atoms with Gasteiger partial charge < -0.3 is 42.6 Å². The van der Waals surface area contributed by atoms with Crippen LogP contribution in [0.1, 0.15) is 148 Å². The predicted molar refractivity (Wildman–Crippen MR) is 403 cm³/mol. The van der Waals surface area contributed by atoms with E-state index < -0.39 is 16.9 Å². The molecule has 0 radical (unpaired) electrons. The van der Waals surface area contributed by atoms with E-state index in [9.17, 15) is 14.4 Å². The second-order valence-electron chi connectivity index (χ2n) is 27.3. The van der Waals surface area contributed by atoms with E-state index in [4.69, 9.17) is 42.6 Å².